The smallest absolute Gasteiger partial charge is 0.0400 e. The van der Waals surface area contributed by atoms with Gasteiger partial charge in [-0.15, -0.1) is 12.4 Å². The summed E-state index contributed by atoms with van der Waals surface area (Å²) in [5.41, 5.74) is 9.66. The third-order valence-corrected chi connectivity index (χ3v) is 4.17. The number of nitrogens with two attached hydrogens (primary N) is 1. The minimum absolute atomic E-state index is 0. The summed E-state index contributed by atoms with van der Waals surface area (Å²) in [6.07, 6.45) is 2.21. The Morgan fingerprint density at radius 3 is 1.94 bits per heavy atom. The van der Waals surface area contributed by atoms with Crippen LogP contribution in [-0.2, 0) is 10.8 Å². The molecule has 0 fully saturated rings. The van der Waals surface area contributed by atoms with Crippen LogP contribution in [0.4, 0.5) is 5.69 Å². The van der Waals surface area contributed by atoms with Crippen molar-refractivity contribution < 1.29 is 0 Å². The van der Waals surface area contributed by atoms with E-state index in [9.17, 15) is 0 Å². The minimum Gasteiger partial charge on any atom is -0.398 e. The Morgan fingerprint density at radius 2 is 1.50 bits per heavy atom. The molecule has 18 heavy (non-hydrogen) atoms. The summed E-state index contributed by atoms with van der Waals surface area (Å²) >= 11 is 0. The van der Waals surface area contributed by atoms with E-state index in [1.54, 1.807) is 0 Å². The molecule has 0 saturated heterocycles. The summed E-state index contributed by atoms with van der Waals surface area (Å²) in [5, 5.41) is 0. The van der Waals surface area contributed by atoms with Crippen LogP contribution in [-0.4, -0.2) is 0 Å². The molecule has 2 N–H and O–H groups in total. The highest BCUT2D eigenvalue weighted by atomic mass is 35.5. The molecule has 0 spiro atoms. The maximum absolute atomic E-state index is 6.01. The molecule has 0 aromatic heterocycles. The molecule has 103 valence electrons. The Hall–Kier alpha value is -0.690. The minimum atomic E-state index is 0. The maximum Gasteiger partial charge on any atom is 0.0400 e. The summed E-state index contributed by atoms with van der Waals surface area (Å²) in [6, 6.07) is 7.66. The monoisotopic (exact) mass is 268 g/mol. The molecule has 1 rings (SSSR count). The fourth-order valence-electron chi connectivity index (χ4n) is 1.74. The van der Waals surface area contributed by atoms with E-state index in [2.05, 4.69) is 59.7 Å². The van der Waals surface area contributed by atoms with Crippen molar-refractivity contribution in [2.45, 2.75) is 65.2 Å². The molecule has 0 aliphatic heterocycles. The van der Waals surface area contributed by atoms with Crippen LogP contribution < -0.4 is 5.73 Å². The lowest BCUT2D eigenvalue weighted by Gasteiger charge is -2.29. The summed E-state index contributed by atoms with van der Waals surface area (Å²) in [7, 11) is 0. The predicted octanol–water partition coefficient (Wildman–Crippen LogP) is 4.87. The molecule has 0 atom stereocenters. The molecular formula is C16H27ClN. The van der Waals surface area contributed by atoms with Gasteiger partial charge in [-0.3, -0.25) is 0 Å². The van der Waals surface area contributed by atoms with Crippen LogP contribution in [0.5, 0.6) is 0 Å². The second kappa shape index (κ2) is 5.97. The van der Waals surface area contributed by atoms with Gasteiger partial charge in [0.15, 0.2) is 0 Å². The second-order valence-electron chi connectivity index (χ2n) is 6.21. The van der Waals surface area contributed by atoms with Crippen LogP contribution in [0, 0.1) is 6.07 Å². The van der Waals surface area contributed by atoms with Crippen LogP contribution in [0.25, 0.3) is 0 Å². The number of nitrogen functional groups attached to an aromatic ring is 1. The van der Waals surface area contributed by atoms with Crippen molar-refractivity contribution in [3.05, 3.63) is 29.3 Å². The Bertz CT molecular complexity index is 360. The second-order valence-corrected chi connectivity index (χ2v) is 6.21. The average Bonchev–Trinajstić information content (AvgIpc) is 2.28. The highest BCUT2D eigenvalue weighted by Gasteiger charge is 2.24. The first-order valence-electron chi connectivity index (χ1n) is 6.56. The number of hydrogen-bond acceptors (Lipinski definition) is 1. The fraction of sp³-hybridized carbons (Fsp3) is 0.625. The molecule has 0 aliphatic rings. The van der Waals surface area contributed by atoms with Crippen LogP contribution in [0.15, 0.2) is 12.1 Å². The zero-order valence-electron chi connectivity index (χ0n) is 12.6. The topological polar surface area (TPSA) is 26.0 Å². The third kappa shape index (κ3) is 3.65. The summed E-state index contributed by atoms with van der Waals surface area (Å²) < 4.78 is 0. The van der Waals surface area contributed by atoms with E-state index in [0.29, 0.717) is 0 Å². The Kier molecular flexibility index (Phi) is 5.74. The van der Waals surface area contributed by atoms with Gasteiger partial charge in [0.2, 0.25) is 0 Å². The van der Waals surface area contributed by atoms with Gasteiger partial charge in [-0.1, -0.05) is 47.6 Å². The molecule has 0 aliphatic carbocycles. The summed E-state index contributed by atoms with van der Waals surface area (Å²) in [4.78, 5) is 0. The van der Waals surface area contributed by atoms with Crippen molar-refractivity contribution >= 4 is 18.1 Å². The van der Waals surface area contributed by atoms with Gasteiger partial charge in [-0.25, -0.2) is 0 Å². The molecule has 2 heteroatoms. The molecule has 0 bridgehead atoms. The van der Waals surface area contributed by atoms with Gasteiger partial charge < -0.3 is 5.73 Å². The molecule has 1 radical (unpaired) electrons. The zero-order chi connectivity index (χ0) is 13.3. The molecule has 1 nitrogen and oxygen atoms in total. The van der Waals surface area contributed by atoms with Crippen molar-refractivity contribution in [3.8, 4) is 0 Å². The summed E-state index contributed by atoms with van der Waals surface area (Å²) in [6.45, 7) is 13.5. The predicted molar refractivity (Wildman–Crippen MR) is 83.6 cm³/mol. The molecule has 0 amide bonds. The van der Waals surface area contributed by atoms with E-state index >= 15 is 0 Å². The van der Waals surface area contributed by atoms with Crippen LogP contribution in [0.1, 0.15) is 65.5 Å². The van der Waals surface area contributed by atoms with E-state index < -0.39 is 0 Å². The zero-order valence-corrected chi connectivity index (χ0v) is 13.4. The standard InChI is InChI=1S/C16H26N.ClH/c1-7-15(3,4)12-9-13(11-14(17)10-12)16(5,6)8-2;/h9-10H,7-8,17H2,1-6H3;1H. The van der Waals surface area contributed by atoms with Crippen molar-refractivity contribution in [2.75, 3.05) is 5.73 Å². The van der Waals surface area contributed by atoms with Gasteiger partial charge in [-0.2, -0.15) is 0 Å². The normalized spacial score (nSPS) is 12.1. The van der Waals surface area contributed by atoms with Gasteiger partial charge in [0.25, 0.3) is 0 Å². The number of anilines is 1. The number of benzene rings is 1. The molecule has 0 unspecified atom stereocenters. The molecule has 1 aromatic carbocycles. The van der Waals surface area contributed by atoms with Crippen molar-refractivity contribution in [1.29, 1.82) is 0 Å². The van der Waals surface area contributed by atoms with Gasteiger partial charge in [-0.05, 0) is 40.9 Å². The molecule has 1 aromatic rings. The van der Waals surface area contributed by atoms with Gasteiger partial charge in [0.05, 0.1) is 0 Å². The van der Waals surface area contributed by atoms with Crippen molar-refractivity contribution in [2.24, 2.45) is 0 Å². The Labute approximate surface area is 119 Å². The van der Waals surface area contributed by atoms with Crippen LogP contribution in [0.3, 0.4) is 0 Å². The molecular weight excluding hydrogens is 242 g/mol. The van der Waals surface area contributed by atoms with E-state index in [-0.39, 0.29) is 23.2 Å². The van der Waals surface area contributed by atoms with Gasteiger partial charge in [0, 0.05) is 11.8 Å². The molecule has 0 saturated carbocycles. The fourth-order valence-corrected chi connectivity index (χ4v) is 1.74. The number of rotatable bonds is 4. The Morgan fingerprint density at radius 1 is 1.00 bits per heavy atom. The van der Waals surface area contributed by atoms with E-state index in [1.165, 1.54) is 11.1 Å². The van der Waals surface area contributed by atoms with E-state index in [0.717, 1.165) is 18.5 Å². The van der Waals surface area contributed by atoms with Gasteiger partial charge >= 0.3 is 0 Å². The first-order chi connectivity index (χ1) is 7.73. The van der Waals surface area contributed by atoms with Crippen molar-refractivity contribution in [1.82, 2.24) is 0 Å². The van der Waals surface area contributed by atoms with Crippen LogP contribution >= 0.6 is 12.4 Å². The number of halogens is 1. The quantitative estimate of drug-likeness (QED) is 0.775. The van der Waals surface area contributed by atoms with E-state index in [1.807, 2.05) is 0 Å². The number of hydrogen-bond donors (Lipinski definition) is 1. The highest BCUT2D eigenvalue weighted by molar-refractivity contribution is 5.85. The van der Waals surface area contributed by atoms with E-state index in [4.69, 9.17) is 5.73 Å². The highest BCUT2D eigenvalue weighted by Crippen LogP contribution is 2.34. The average molecular weight is 269 g/mol. The van der Waals surface area contributed by atoms with Crippen molar-refractivity contribution in [3.63, 3.8) is 0 Å². The lowest BCUT2D eigenvalue weighted by Crippen LogP contribution is -2.20. The summed E-state index contributed by atoms with van der Waals surface area (Å²) in [5.74, 6) is 0. The first kappa shape index (κ1) is 17.3. The maximum atomic E-state index is 6.01. The lowest BCUT2D eigenvalue weighted by molar-refractivity contribution is 0.488. The lowest BCUT2D eigenvalue weighted by atomic mass is 9.76. The Balaban J connectivity index is 0.00000289. The third-order valence-electron chi connectivity index (χ3n) is 4.17. The molecule has 0 heterocycles. The SMILES string of the molecule is CCC(C)(C)c1[c]c(N)cc(C(C)(C)CC)c1.Cl. The first-order valence-corrected chi connectivity index (χ1v) is 6.56. The van der Waals surface area contributed by atoms with Crippen LogP contribution in [0.2, 0.25) is 0 Å². The van der Waals surface area contributed by atoms with Gasteiger partial charge in [0.1, 0.15) is 0 Å². The largest absolute Gasteiger partial charge is 0.398 e.